The first kappa shape index (κ1) is 15.6. The van der Waals surface area contributed by atoms with Gasteiger partial charge in [0, 0.05) is 12.2 Å². The predicted octanol–water partition coefficient (Wildman–Crippen LogP) is 4.71. The quantitative estimate of drug-likeness (QED) is 0.581. The van der Waals surface area contributed by atoms with Crippen LogP contribution in [0.4, 0.5) is 5.82 Å². The molecule has 0 saturated carbocycles. The van der Waals surface area contributed by atoms with E-state index in [0.717, 1.165) is 21.5 Å². The van der Waals surface area contributed by atoms with Gasteiger partial charge in [0.2, 0.25) is 0 Å². The van der Waals surface area contributed by atoms with Gasteiger partial charge in [-0.15, -0.1) is 11.3 Å². The first-order valence-corrected chi connectivity index (χ1v) is 8.94. The lowest BCUT2D eigenvalue weighted by Crippen LogP contribution is -2.18. The molecule has 3 aromatic heterocycles. The molecule has 124 valence electrons. The maximum absolute atomic E-state index is 12.8. The van der Waals surface area contributed by atoms with Crippen LogP contribution in [0.15, 0.2) is 66.0 Å². The fourth-order valence-corrected chi connectivity index (χ4v) is 3.72. The van der Waals surface area contributed by atoms with Crippen molar-refractivity contribution in [3.8, 4) is 0 Å². The number of pyridine rings is 1. The maximum atomic E-state index is 12.8. The first-order valence-electron chi connectivity index (χ1n) is 8.06. The first-order chi connectivity index (χ1) is 12.2. The van der Waals surface area contributed by atoms with Gasteiger partial charge in [0.1, 0.15) is 11.5 Å². The standard InChI is InChI=1S/C20H17N3OS/c1-14-6-5-9-19(21-14)22-20(24)17-12-18-16(10-11-25-18)23(17)13-15-7-3-2-4-8-15/h2-12H,13H2,1H3,(H,21,22,24). The van der Waals surface area contributed by atoms with Gasteiger partial charge in [0.05, 0.1) is 10.2 Å². The molecule has 0 saturated heterocycles. The zero-order chi connectivity index (χ0) is 17.2. The van der Waals surface area contributed by atoms with E-state index >= 15 is 0 Å². The fraction of sp³-hybridized carbons (Fsp3) is 0.100. The van der Waals surface area contributed by atoms with E-state index < -0.39 is 0 Å². The van der Waals surface area contributed by atoms with Gasteiger partial charge in [-0.2, -0.15) is 0 Å². The molecule has 0 fully saturated rings. The van der Waals surface area contributed by atoms with Crippen LogP contribution in [0.3, 0.4) is 0 Å². The summed E-state index contributed by atoms with van der Waals surface area (Å²) in [6, 6.07) is 19.8. The molecule has 4 aromatic rings. The summed E-state index contributed by atoms with van der Waals surface area (Å²) in [5.74, 6) is 0.429. The van der Waals surface area contributed by atoms with Crippen LogP contribution < -0.4 is 5.32 Å². The zero-order valence-electron chi connectivity index (χ0n) is 13.8. The third kappa shape index (κ3) is 3.19. The second kappa shape index (κ2) is 6.53. The Hall–Kier alpha value is -2.92. The van der Waals surface area contributed by atoms with Crippen molar-refractivity contribution >= 4 is 33.3 Å². The van der Waals surface area contributed by atoms with Crippen molar-refractivity contribution in [2.45, 2.75) is 13.5 Å². The number of hydrogen-bond acceptors (Lipinski definition) is 3. The lowest BCUT2D eigenvalue weighted by molar-refractivity contribution is 0.101. The molecular weight excluding hydrogens is 330 g/mol. The molecule has 0 spiro atoms. The summed E-state index contributed by atoms with van der Waals surface area (Å²) in [5, 5.41) is 4.96. The number of aryl methyl sites for hydroxylation is 1. The Kier molecular flexibility index (Phi) is 4.07. The molecule has 5 heteroatoms. The summed E-state index contributed by atoms with van der Waals surface area (Å²) in [4.78, 5) is 17.2. The molecule has 0 bridgehead atoms. The van der Waals surface area contributed by atoms with Crippen LogP contribution in [0.25, 0.3) is 10.2 Å². The SMILES string of the molecule is Cc1cccc(NC(=O)c2cc3sccc3n2Cc2ccccc2)n1. The number of anilines is 1. The third-order valence-corrected chi connectivity index (χ3v) is 4.92. The second-order valence-corrected chi connectivity index (χ2v) is 6.84. The van der Waals surface area contributed by atoms with E-state index in [1.54, 1.807) is 17.4 Å². The van der Waals surface area contributed by atoms with Gasteiger partial charge in [0.15, 0.2) is 0 Å². The Balaban J connectivity index is 1.70. The minimum absolute atomic E-state index is 0.141. The molecule has 0 aliphatic rings. The highest BCUT2D eigenvalue weighted by Crippen LogP contribution is 2.26. The van der Waals surface area contributed by atoms with Crippen molar-refractivity contribution in [1.82, 2.24) is 9.55 Å². The second-order valence-electron chi connectivity index (χ2n) is 5.89. The minimum atomic E-state index is -0.141. The summed E-state index contributed by atoms with van der Waals surface area (Å²) in [6.45, 7) is 2.56. The molecule has 4 nitrogen and oxygen atoms in total. The van der Waals surface area contributed by atoms with E-state index in [4.69, 9.17) is 0 Å². The molecule has 1 aromatic carbocycles. The Bertz CT molecular complexity index is 1030. The number of fused-ring (bicyclic) bond motifs is 1. The fourth-order valence-electron chi connectivity index (χ4n) is 2.89. The van der Waals surface area contributed by atoms with Gasteiger partial charge in [0.25, 0.3) is 5.91 Å². The summed E-state index contributed by atoms with van der Waals surface area (Å²) in [5.41, 5.74) is 3.76. The van der Waals surface area contributed by atoms with E-state index in [1.807, 2.05) is 43.3 Å². The number of hydrogen-bond donors (Lipinski definition) is 1. The summed E-state index contributed by atoms with van der Waals surface area (Å²) < 4.78 is 3.17. The van der Waals surface area contributed by atoms with Crippen molar-refractivity contribution in [3.63, 3.8) is 0 Å². The Morgan fingerprint density at radius 3 is 2.76 bits per heavy atom. The molecule has 1 N–H and O–H groups in total. The van der Waals surface area contributed by atoms with Crippen molar-refractivity contribution in [2.75, 3.05) is 5.32 Å². The van der Waals surface area contributed by atoms with Gasteiger partial charge in [-0.3, -0.25) is 4.79 Å². The largest absolute Gasteiger partial charge is 0.331 e. The molecule has 3 heterocycles. The van der Waals surface area contributed by atoms with E-state index in [1.165, 1.54) is 0 Å². The lowest BCUT2D eigenvalue weighted by Gasteiger charge is -2.11. The van der Waals surface area contributed by atoms with Gasteiger partial charge < -0.3 is 9.88 Å². The molecule has 1 amide bonds. The Morgan fingerprint density at radius 1 is 1.12 bits per heavy atom. The van der Waals surface area contributed by atoms with E-state index in [-0.39, 0.29) is 5.91 Å². The maximum Gasteiger partial charge on any atom is 0.273 e. The van der Waals surface area contributed by atoms with Gasteiger partial charge in [-0.1, -0.05) is 36.4 Å². The molecule has 4 rings (SSSR count). The number of carbonyl (C=O) groups excluding carboxylic acids is 1. The van der Waals surface area contributed by atoms with Crippen LogP contribution in [0.5, 0.6) is 0 Å². The number of nitrogens with one attached hydrogen (secondary N) is 1. The van der Waals surface area contributed by atoms with Crippen LogP contribution in [-0.2, 0) is 6.54 Å². The van der Waals surface area contributed by atoms with Crippen LogP contribution in [-0.4, -0.2) is 15.5 Å². The van der Waals surface area contributed by atoms with E-state index in [0.29, 0.717) is 18.1 Å². The predicted molar refractivity (Wildman–Crippen MR) is 102 cm³/mol. The number of carbonyl (C=O) groups is 1. The van der Waals surface area contributed by atoms with Crippen molar-refractivity contribution in [3.05, 3.63) is 83.0 Å². The Labute approximate surface area is 149 Å². The molecule has 0 aliphatic carbocycles. The van der Waals surface area contributed by atoms with Gasteiger partial charge >= 0.3 is 0 Å². The van der Waals surface area contributed by atoms with Crippen molar-refractivity contribution in [2.24, 2.45) is 0 Å². The van der Waals surface area contributed by atoms with Crippen LogP contribution >= 0.6 is 11.3 Å². The normalized spacial score (nSPS) is 10.9. The number of aromatic nitrogens is 2. The van der Waals surface area contributed by atoms with E-state index in [2.05, 4.69) is 38.4 Å². The molecule has 0 atom stereocenters. The monoisotopic (exact) mass is 347 g/mol. The summed E-state index contributed by atoms with van der Waals surface area (Å²) in [7, 11) is 0. The average molecular weight is 347 g/mol. The highest BCUT2D eigenvalue weighted by atomic mass is 32.1. The lowest BCUT2D eigenvalue weighted by atomic mass is 10.2. The van der Waals surface area contributed by atoms with Crippen molar-refractivity contribution < 1.29 is 4.79 Å². The minimum Gasteiger partial charge on any atom is -0.331 e. The topological polar surface area (TPSA) is 46.9 Å². The number of amides is 1. The van der Waals surface area contributed by atoms with Crippen LogP contribution in [0.2, 0.25) is 0 Å². The van der Waals surface area contributed by atoms with E-state index in [9.17, 15) is 4.79 Å². The van der Waals surface area contributed by atoms with Crippen molar-refractivity contribution in [1.29, 1.82) is 0 Å². The number of benzene rings is 1. The molecule has 25 heavy (non-hydrogen) atoms. The molecule has 0 aliphatic heterocycles. The molecular formula is C20H17N3OS. The summed E-state index contributed by atoms with van der Waals surface area (Å²) >= 11 is 1.64. The van der Waals surface area contributed by atoms with Crippen LogP contribution in [0.1, 0.15) is 21.7 Å². The smallest absolute Gasteiger partial charge is 0.273 e. The number of thiophene rings is 1. The highest BCUT2D eigenvalue weighted by Gasteiger charge is 2.17. The van der Waals surface area contributed by atoms with Gasteiger partial charge in [-0.05, 0) is 42.1 Å². The summed E-state index contributed by atoms with van der Waals surface area (Å²) in [6.07, 6.45) is 0. The van der Waals surface area contributed by atoms with Crippen LogP contribution in [0, 0.1) is 6.92 Å². The van der Waals surface area contributed by atoms with Gasteiger partial charge in [-0.25, -0.2) is 4.98 Å². The molecule has 0 unspecified atom stereocenters. The zero-order valence-corrected chi connectivity index (χ0v) is 14.6. The third-order valence-electron chi connectivity index (χ3n) is 4.07. The Morgan fingerprint density at radius 2 is 1.96 bits per heavy atom. The number of nitrogens with zero attached hydrogens (tertiary/aromatic N) is 2. The highest BCUT2D eigenvalue weighted by molar-refractivity contribution is 7.17. The molecule has 0 radical (unpaired) electrons. The number of rotatable bonds is 4. The average Bonchev–Trinajstić information content (AvgIpc) is 3.18.